The molecule has 0 unspecified atom stereocenters. The Morgan fingerprint density at radius 2 is 2.18 bits per heavy atom. The summed E-state index contributed by atoms with van der Waals surface area (Å²) in [7, 11) is 0. The highest BCUT2D eigenvalue weighted by Gasteiger charge is 2.06. The normalized spacial score (nSPS) is 10.3. The molecule has 2 rings (SSSR count). The van der Waals surface area contributed by atoms with E-state index in [4.69, 9.17) is 9.84 Å². The lowest BCUT2D eigenvalue weighted by atomic mass is 10.3. The molecule has 0 saturated heterocycles. The summed E-state index contributed by atoms with van der Waals surface area (Å²) < 4.78 is 18.7. The van der Waals surface area contributed by atoms with E-state index in [0.29, 0.717) is 15.9 Å². The molecule has 0 fully saturated rings. The molecule has 0 atom stereocenters. The van der Waals surface area contributed by atoms with Crippen LogP contribution >= 0.6 is 15.9 Å². The predicted molar refractivity (Wildman–Crippen MR) is 62.1 cm³/mol. The van der Waals surface area contributed by atoms with Gasteiger partial charge in [0.2, 0.25) is 5.88 Å². The van der Waals surface area contributed by atoms with Gasteiger partial charge in [-0.2, -0.15) is 0 Å². The number of ether oxygens (including phenoxy) is 1. The maximum Gasteiger partial charge on any atom is 0.238 e. The minimum atomic E-state index is -0.362. The monoisotopic (exact) mass is 298 g/mol. The minimum Gasteiger partial charge on any atom is -0.436 e. The van der Waals surface area contributed by atoms with E-state index < -0.39 is 0 Å². The van der Waals surface area contributed by atoms with Gasteiger partial charge in [0.05, 0.1) is 29.2 Å². The standard InChI is InChI=1S/C11H8BrFN2O2/c12-9-3-7(13)1-2-10(9)17-11-5-14-4-8(6-16)15-11/h1-5,16H,6H2. The van der Waals surface area contributed by atoms with E-state index in [0.717, 1.165) is 0 Å². The van der Waals surface area contributed by atoms with Crippen molar-refractivity contribution >= 4 is 15.9 Å². The summed E-state index contributed by atoms with van der Waals surface area (Å²) in [4.78, 5) is 7.86. The van der Waals surface area contributed by atoms with Crippen LogP contribution in [0, 0.1) is 5.82 Å². The Hall–Kier alpha value is -1.53. The van der Waals surface area contributed by atoms with Gasteiger partial charge in [0.15, 0.2) is 0 Å². The van der Waals surface area contributed by atoms with E-state index in [2.05, 4.69) is 25.9 Å². The van der Waals surface area contributed by atoms with Crippen LogP contribution < -0.4 is 4.74 Å². The van der Waals surface area contributed by atoms with E-state index in [1.54, 1.807) is 0 Å². The minimum absolute atomic E-state index is 0.214. The SMILES string of the molecule is OCc1cncc(Oc2ccc(F)cc2Br)n1. The second kappa shape index (κ2) is 5.20. The van der Waals surface area contributed by atoms with Gasteiger partial charge in [-0.1, -0.05) is 0 Å². The van der Waals surface area contributed by atoms with Crippen molar-refractivity contribution in [2.45, 2.75) is 6.61 Å². The maximum atomic E-state index is 12.9. The first kappa shape index (κ1) is 11.9. The van der Waals surface area contributed by atoms with Crippen molar-refractivity contribution in [3.63, 3.8) is 0 Å². The molecule has 17 heavy (non-hydrogen) atoms. The molecule has 2 aromatic rings. The van der Waals surface area contributed by atoms with Crippen molar-refractivity contribution < 1.29 is 14.2 Å². The second-order valence-corrected chi connectivity index (χ2v) is 4.04. The fourth-order valence-electron chi connectivity index (χ4n) is 1.18. The number of halogens is 2. The predicted octanol–water partition coefficient (Wildman–Crippen LogP) is 2.66. The van der Waals surface area contributed by atoms with Crippen LogP contribution in [0.3, 0.4) is 0 Å². The third kappa shape index (κ3) is 2.98. The molecule has 4 nitrogen and oxygen atoms in total. The molecule has 1 aromatic heterocycles. The molecule has 0 aliphatic rings. The Bertz CT molecular complexity index is 537. The van der Waals surface area contributed by atoms with Gasteiger partial charge < -0.3 is 9.84 Å². The van der Waals surface area contributed by atoms with Crippen LogP contribution in [0.5, 0.6) is 11.6 Å². The van der Waals surface area contributed by atoms with Gasteiger partial charge in [-0.05, 0) is 34.1 Å². The molecule has 1 N–H and O–H groups in total. The number of aliphatic hydroxyl groups is 1. The molecule has 0 amide bonds. The topological polar surface area (TPSA) is 55.2 Å². The number of nitrogens with zero attached hydrogens (tertiary/aromatic N) is 2. The van der Waals surface area contributed by atoms with E-state index in [9.17, 15) is 4.39 Å². The summed E-state index contributed by atoms with van der Waals surface area (Å²) in [5, 5.41) is 8.90. The lowest BCUT2D eigenvalue weighted by Gasteiger charge is -2.06. The zero-order valence-electron chi connectivity index (χ0n) is 8.60. The third-order valence-corrected chi connectivity index (χ3v) is 2.55. The van der Waals surface area contributed by atoms with Gasteiger partial charge in [0, 0.05) is 0 Å². The van der Waals surface area contributed by atoms with Crippen LogP contribution in [0.2, 0.25) is 0 Å². The second-order valence-electron chi connectivity index (χ2n) is 3.18. The van der Waals surface area contributed by atoms with E-state index in [1.165, 1.54) is 30.6 Å². The lowest BCUT2D eigenvalue weighted by molar-refractivity contribution is 0.274. The lowest BCUT2D eigenvalue weighted by Crippen LogP contribution is -1.95. The molecular formula is C11H8BrFN2O2. The Balaban J connectivity index is 2.25. The molecule has 0 spiro atoms. The highest BCUT2D eigenvalue weighted by molar-refractivity contribution is 9.10. The first-order valence-corrected chi connectivity index (χ1v) is 5.53. The average Bonchev–Trinajstić information content (AvgIpc) is 2.33. The average molecular weight is 299 g/mol. The number of rotatable bonds is 3. The first-order valence-electron chi connectivity index (χ1n) is 4.73. The van der Waals surface area contributed by atoms with Gasteiger partial charge in [-0.3, -0.25) is 4.98 Å². The van der Waals surface area contributed by atoms with Gasteiger partial charge in [0.25, 0.3) is 0 Å². The Kier molecular flexibility index (Phi) is 3.65. The van der Waals surface area contributed by atoms with Crippen molar-refractivity contribution in [3.8, 4) is 11.6 Å². The van der Waals surface area contributed by atoms with Crippen molar-refractivity contribution in [3.05, 3.63) is 46.6 Å². The fraction of sp³-hybridized carbons (Fsp3) is 0.0909. The van der Waals surface area contributed by atoms with Crippen LogP contribution in [0.25, 0.3) is 0 Å². The molecule has 1 heterocycles. The first-order chi connectivity index (χ1) is 8.19. The summed E-state index contributed by atoms with van der Waals surface area (Å²) in [5.41, 5.74) is 0.403. The molecule has 0 saturated carbocycles. The number of aromatic nitrogens is 2. The number of benzene rings is 1. The zero-order valence-corrected chi connectivity index (χ0v) is 10.2. The van der Waals surface area contributed by atoms with E-state index in [-0.39, 0.29) is 18.3 Å². The summed E-state index contributed by atoms with van der Waals surface area (Å²) in [6, 6.07) is 4.05. The van der Waals surface area contributed by atoms with Gasteiger partial charge in [-0.25, -0.2) is 9.37 Å². The van der Waals surface area contributed by atoms with Gasteiger partial charge in [0.1, 0.15) is 11.6 Å². The van der Waals surface area contributed by atoms with Crippen molar-refractivity contribution in [1.82, 2.24) is 9.97 Å². The fourth-order valence-corrected chi connectivity index (χ4v) is 1.61. The maximum absolute atomic E-state index is 12.9. The molecule has 88 valence electrons. The number of hydrogen-bond acceptors (Lipinski definition) is 4. The highest BCUT2D eigenvalue weighted by Crippen LogP contribution is 2.28. The Morgan fingerprint density at radius 3 is 2.88 bits per heavy atom. The van der Waals surface area contributed by atoms with Crippen LogP contribution in [-0.4, -0.2) is 15.1 Å². The molecule has 0 radical (unpaired) electrons. The molecule has 0 bridgehead atoms. The Labute approximate surface area is 105 Å². The van der Waals surface area contributed by atoms with E-state index >= 15 is 0 Å². The van der Waals surface area contributed by atoms with Gasteiger partial charge >= 0.3 is 0 Å². The quantitative estimate of drug-likeness (QED) is 0.946. The number of hydrogen-bond donors (Lipinski definition) is 1. The Morgan fingerprint density at radius 1 is 1.35 bits per heavy atom. The third-order valence-electron chi connectivity index (χ3n) is 1.93. The molecular weight excluding hydrogens is 291 g/mol. The smallest absolute Gasteiger partial charge is 0.238 e. The van der Waals surface area contributed by atoms with E-state index in [1.807, 2.05) is 0 Å². The molecule has 0 aliphatic carbocycles. The van der Waals surface area contributed by atoms with Crippen molar-refractivity contribution in [2.75, 3.05) is 0 Å². The van der Waals surface area contributed by atoms with Crippen molar-refractivity contribution in [1.29, 1.82) is 0 Å². The van der Waals surface area contributed by atoms with Crippen LogP contribution in [0.15, 0.2) is 35.1 Å². The van der Waals surface area contributed by atoms with Crippen molar-refractivity contribution in [2.24, 2.45) is 0 Å². The number of aliphatic hydroxyl groups excluding tert-OH is 1. The molecule has 1 aromatic carbocycles. The summed E-state index contributed by atoms with van der Waals surface area (Å²) in [5.74, 6) is 0.305. The largest absolute Gasteiger partial charge is 0.436 e. The van der Waals surface area contributed by atoms with Gasteiger partial charge in [-0.15, -0.1) is 0 Å². The highest BCUT2D eigenvalue weighted by atomic mass is 79.9. The van der Waals surface area contributed by atoms with Crippen LogP contribution in [-0.2, 0) is 6.61 Å². The summed E-state index contributed by atoms with van der Waals surface area (Å²) in [6.07, 6.45) is 2.85. The van der Waals surface area contributed by atoms with Crippen LogP contribution in [0.1, 0.15) is 5.69 Å². The summed E-state index contributed by atoms with van der Waals surface area (Å²) in [6.45, 7) is -0.214. The molecule has 6 heteroatoms. The molecule has 0 aliphatic heterocycles. The van der Waals surface area contributed by atoms with Crippen LogP contribution in [0.4, 0.5) is 4.39 Å². The summed E-state index contributed by atoms with van der Waals surface area (Å²) >= 11 is 3.18. The zero-order chi connectivity index (χ0) is 12.3.